The average Bonchev–Trinajstić information content (AvgIpc) is 2.84. The third-order valence-electron chi connectivity index (χ3n) is 5.43. The van der Waals surface area contributed by atoms with Gasteiger partial charge in [0.05, 0.1) is 29.2 Å². The Balaban J connectivity index is 1.86. The molecule has 0 aromatic heterocycles. The molecular weight excluding hydrogens is 422 g/mol. The molecule has 3 aromatic carbocycles. The first-order chi connectivity index (χ1) is 16.0. The van der Waals surface area contributed by atoms with Gasteiger partial charge in [0.1, 0.15) is 5.56 Å². The fourth-order valence-corrected chi connectivity index (χ4v) is 4.00. The minimum Gasteiger partial charge on any atom is -0.462 e. The van der Waals surface area contributed by atoms with Crippen LogP contribution in [0.4, 0.5) is 10.5 Å². The number of carbonyl (C=O) groups is 2. The molecule has 0 aliphatic carbocycles. The highest BCUT2D eigenvalue weighted by Crippen LogP contribution is 2.38. The van der Waals surface area contributed by atoms with E-state index in [9.17, 15) is 19.7 Å². The number of amides is 2. The van der Waals surface area contributed by atoms with Crippen LogP contribution in [-0.2, 0) is 4.74 Å². The van der Waals surface area contributed by atoms with Gasteiger partial charge in [-0.3, -0.25) is 10.1 Å². The summed E-state index contributed by atoms with van der Waals surface area (Å²) < 4.78 is 4.95. The van der Waals surface area contributed by atoms with Crippen molar-refractivity contribution in [3.05, 3.63) is 111 Å². The molecule has 8 nitrogen and oxygen atoms in total. The zero-order chi connectivity index (χ0) is 23.4. The van der Waals surface area contributed by atoms with Crippen LogP contribution in [0.2, 0.25) is 0 Å². The lowest BCUT2D eigenvalue weighted by molar-refractivity contribution is -0.385. The quantitative estimate of drug-likeness (QED) is 0.334. The van der Waals surface area contributed by atoms with Gasteiger partial charge in [-0.2, -0.15) is 4.99 Å². The van der Waals surface area contributed by atoms with Gasteiger partial charge in [0.25, 0.3) is 5.69 Å². The van der Waals surface area contributed by atoms with Crippen molar-refractivity contribution < 1.29 is 19.2 Å². The maximum Gasteiger partial charge on any atom is 0.345 e. The molecule has 2 atom stereocenters. The second kappa shape index (κ2) is 9.44. The number of rotatable bonds is 6. The number of benzene rings is 3. The number of urea groups is 1. The standard InChI is InChI=1S/C25H21N3O5/c1-2-33-24(29)19-14-13-18(15-20(19)28(31)32)23-21(16-9-5-3-6-10-16)22(26-25(30)27-23)17-11-7-4-8-12-17/h3-15,21,23H,2H2,1H3,(H,27,30). The minimum absolute atomic E-state index is 0.101. The van der Waals surface area contributed by atoms with Gasteiger partial charge in [0, 0.05) is 6.07 Å². The summed E-state index contributed by atoms with van der Waals surface area (Å²) in [4.78, 5) is 40.2. The molecule has 1 aliphatic heterocycles. The molecule has 2 unspecified atom stereocenters. The Hall–Kier alpha value is -4.33. The molecule has 0 radical (unpaired) electrons. The summed E-state index contributed by atoms with van der Waals surface area (Å²) in [6.45, 7) is 1.73. The fourth-order valence-electron chi connectivity index (χ4n) is 4.00. The Labute approximate surface area is 190 Å². The van der Waals surface area contributed by atoms with Gasteiger partial charge in [-0.1, -0.05) is 66.7 Å². The van der Waals surface area contributed by atoms with E-state index in [1.54, 1.807) is 13.0 Å². The van der Waals surface area contributed by atoms with Crippen LogP contribution in [0.5, 0.6) is 0 Å². The molecule has 33 heavy (non-hydrogen) atoms. The van der Waals surface area contributed by atoms with Gasteiger partial charge in [0.2, 0.25) is 0 Å². The Bertz CT molecular complexity index is 1230. The summed E-state index contributed by atoms with van der Waals surface area (Å²) in [5, 5.41) is 14.6. The van der Waals surface area contributed by atoms with Gasteiger partial charge in [-0.15, -0.1) is 0 Å². The third-order valence-corrected chi connectivity index (χ3v) is 5.43. The fraction of sp³-hybridized carbons (Fsp3) is 0.160. The number of ether oxygens (including phenoxy) is 1. The third kappa shape index (κ3) is 4.50. The number of carbonyl (C=O) groups excluding carboxylic acids is 2. The van der Waals surface area contributed by atoms with Crippen LogP contribution >= 0.6 is 0 Å². The first kappa shape index (κ1) is 21.9. The topological polar surface area (TPSA) is 111 Å². The van der Waals surface area contributed by atoms with Crippen LogP contribution in [0.25, 0.3) is 0 Å². The maximum atomic E-state index is 12.6. The highest BCUT2D eigenvalue weighted by Gasteiger charge is 2.36. The summed E-state index contributed by atoms with van der Waals surface area (Å²) in [5.74, 6) is -1.17. The lowest BCUT2D eigenvalue weighted by Crippen LogP contribution is -2.40. The molecule has 0 bridgehead atoms. The molecule has 3 aromatic rings. The number of aliphatic imine (C=N–C) groups is 1. The number of esters is 1. The van der Waals surface area contributed by atoms with Crippen LogP contribution < -0.4 is 5.32 Å². The van der Waals surface area contributed by atoms with Gasteiger partial charge < -0.3 is 10.1 Å². The van der Waals surface area contributed by atoms with Crippen molar-refractivity contribution in [2.75, 3.05) is 6.61 Å². The maximum absolute atomic E-state index is 12.6. The molecule has 0 saturated heterocycles. The smallest absolute Gasteiger partial charge is 0.345 e. The van der Waals surface area contributed by atoms with Gasteiger partial charge in [-0.05, 0) is 29.7 Å². The predicted octanol–water partition coefficient (Wildman–Crippen LogP) is 4.81. The molecule has 1 N–H and O–H groups in total. The number of nitro groups is 1. The van der Waals surface area contributed by atoms with Gasteiger partial charge in [0.15, 0.2) is 0 Å². The second-order valence-electron chi connectivity index (χ2n) is 7.43. The summed E-state index contributed by atoms with van der Waals surface area (Å²) in [6.07, 6.45) is 0. The molecule has 1 aliphatic rings. The van der Waals surface area contributed by atoms with E-state index in [0.717, 1.165) is 11.1 Å². The number of nitrogens with one attached hydrogen (secondary N) is 1. The van der Waals surface area contributed by atoms with E-state index in [0.29, 0.717) is 11.3 Å². The number of hydrogen-bond donors (Lipinski definition) is 1. The van der Waals surface area contributed by atoms with Crippen LogP contribution in [0.15, 0.2) is 83.9 Å². The summed E-state index contributed by atoms with van der Waals surface area (Å²) in [5.41, 5.74) is 2.20. The monoisotopic (exact) mass is 443 g/mol. The molecule has 0 spiro atoms. The lowest BCUT2D eigenvalue weighted by Gasteiger charge is -2.33. The molecule has 8 heteroatoms. The van der Waals surface area contributed by atoms with Gasteiger partial charge in [-0.25, -0.2) is 9.59 Å². The lowest BCUT2D eigenvalue weighted by atomic mass is 9.80. The number of hydrogen-bond acceptors (Lipinski definition) is 5. The summed E-state index contributed by atoms with van der Waals surface area (Å²) in [6, 6.07) is 22.0. The zero-order valence-corrected chi connectivity index (χ0v) is 17.8. The zero-order valence-electron chi connectivity index (χ0n) is 17.8. The first-order valence-corrected chi connectivity index (χ1v) is 10.4. The molecule has 1 heterocycles. The Morgan fingerprint density at radius 3 is 2.33 bits per heavy atom. The van der Waals surface area contributed by atoms with E-state index < -0.39 is 28.9 Å². The first-order valence-electron chi connectivity index (χ1n) is 10.4. The van der Waals surface area contributed by atoms with Crippen LogP contribution in [0.3, 0.4) is 0 Å². The van der Waals surface area contributed by atoms with Crippen LogP contribution in [0, 0.1) is 10.1 Å². The van der Waals surface area contributed by atoms with E-state index in [2.05, 4.69) is 10.3 Å². The second-order valence-corrected chi connectivity index (χ2v) is 7.43. The van der Waals surface area contributed by atoms with E-state index in [-0.39, 0.29) is 17.9 Å². The van der Waals surface area contributed by atoms with Crippen molar-refractivity contribution in [3.63, 3.8) is 0 Å². The van der Waals surface area contributed by atoms with Gasteiger partial charge >= 0.3 is 12.0 Å². The van der Waals surface area contributed by atoms with Crippen LogP contribution in [-0.4, -0.2) is 29.2 Å². The predicted molar refractivity (Wildman–Crippen MR) is 122 cm³/mol. The Morgan fingerprint density at radius 1 is 1.03 bits per heavy atom. The molecule has 0 fully saturated rings. The van der Waals surface area contributed by atoms with Crippen molar-refractivity contribution >= 4 is 23.4 Å². The largest absolute Gasteiger partial charge is 0.462 e. The molecule has 166 valence electrons. The van der Waals surface area contributed by atoms with E-state index in [4.69, 9.17) is 4.74 Å². The highest BCUT2D eigenvalue weighted by atomic mass is 16.6. The number of nitrogens with zero attached hydrogens (tertiary/aromatic N) is 2. The summed E-state index contributed by atoms with van der Waals surface area (Å²) in [7, 11) is 0. The SMILES string of the molecule is CCOC(=O)c1ccc(C2NC(=O)N=C(c3ccccc3)C2c2ccccc2)cc1[N+](=O)[O-]. The van der Waals surface area contributed by atoms with Crippen molar-refractivity contribution in [3.8, 4) is 0 Å². The average molecular weight is 443 g/mol. The van der Waals surface area contributed by atoms with Crippen molar-refractivity contribution in [2.24, 2.45) is 4.99 Å². The minimum atomic E-state index is -0.769. The van der Waals surface area contributed by atoms with E-state index in [1.165, 1.54) is 12.1 Å². The van der Waals surface area contributed by atoms with Crippen molar-refractivity contribution in [2.45, 2.75) is 18.9 Å². The summed E-state index contributed by atoms with van der Waals surface area (Å²) >= 11 is 0. The number of nitro benzene ring substituents is 1. The molecule has 2 amide bonds. The molecule has 4 rings (SSSR count). The van der Waals surface area contributed by atoms with E-state index >= 15 is 0 Å². The van der Waals surface area contributed by atoms with E-state index in [1.807, 2.05) is 60.7 Å². The Kier molecular flexibility index (Phi) is 6.26. The van der Waals surface area contributed by atoms with Crippen molar-refractivity contribution in [1.82, 2.24) is 5.32 Å². The molecule has 0 saturated carbocycles. The Morgan fingerprint density at radius 2 is 1.70 bits per heavy atom. The van der Waals surface area contributed by atoms with Crippen LogP contribution in [0.1, 0.15) is 45.9 Å². The molecular formula is C25H21N3O5. The van der Waals surface area contributed by atoms with Crippen molar-refractivity contribution in [1.29, 1.82) is 0 Å². The highest BCUT2D eigenvalue weighted by molar-refractivity contribution is 6.12. The normalized spacial score (nSPS) is 17.6.